The first-order chi connectivity index (χ1) is 8.08. The van der Waals surface area contributed by atoms with Crippen molar-refractivity contribution in [1.82, 2.24) is 10.3 Å². The van der Waals surface area contributed by atoms with Gasteiger partial charge in [0.15, 0.2) is 0 Å². The molecule has 96 valence electrons. The molecule has 1 aromatic heterocycles. The molecular formula is C12H21N3OS. The normalized spacial score (nSPS) is 12.5. The van der Waals surface area contributed by atoms with Crippen molar-refractivity contribution in [2.45, 2.75) is 52.6 Å². The van der Waals surface area contributed by atoms with Crippen LogP contribution in [0.1, 0.15) is 42.3 Å². The van der Waals surface area contributed by atoms with Crippen molar-refractivity contribution in [1.29, 1.82) is 0 Å². The fraction of sp³-hybridized carbons (Fsp3) is 0.667. The number of hydrogen-bond acceptors (Lipinski definition) is 4. The predicted octanol–water partition coefficient (Wildman–Crippen LogP) is 1.76. The Morgan fingerprint density at radius 3 is 2.82 bits per heavy atom. The van der Waals surface area contributed by atoms with Crippen molar-refractivity contribution >= 4 is 17.2 Å². The maximum Gasteiger partial charge on any atom is 0.237 e. The molecule has 0 aliphatic heterocycles. The number of thiazole rings is 1. The number of amides is 1. The summed E-state index contributed by atoms with van der Waals surface area (Å²) in [5.74, 6) is -0.0858. The molecule has 0 aliphatic rings. The van der Waals surface area contributed by atoms with E-state index in [-0.39, 0.29) is 5.91 Å². The zero-order valence-corrected chi connectivity index (χ0v) is 11.6. The number of carbonyl (C=O) groups excluding carboxylic acids is 1. The number of nitrogens with one attached hydrogen (secondary N) is 1. The van der Waals surface area contributed by atoms with Gasteiger partial charge in [-0.1, -0.05) is 13.8 Å². The molecule has 0 saturated carbocycles. The Morgan fingerprint density at radius 2 is 2.24 bits per heavy atom. The quantitative estimate of drug-likeness (QED) is 0.814. The highest BCUT2D eigenvalue weighted by Gasteiger charge is 2.12. The number of carbonyl (C=O) groups is 1. The lowest BCUT2D eigenvalue weighted by Crippen LogP contribution is -2.39. The molecule has 1 amide bonds. The van der Waals surface area contributed by atoms with Crippen LogP contribution < -0.4 is 11.1 Å². The van der Waals surface area contributed by atoms with E-state index >= 15 is 0 Å². The summed E-state index contributed by atoms with van der Waals surface area (Å²) in [5.41, 5.74) is 6.66. The second kappa shape index (κ2) is 6.71. The van der Waals surface area contributed by atoms with Gasteiger partial charge in [-0.25, -0.2) is 4.98 Å². The highest BCUT2D eigenvalue weighted by molar-refractivity contribution is 7.11. The third-order valence-electron chi connectivity index (χ3n) is 2.60. The maximum atomic E-state index is 11.5. The second-order valence-electron chi connectivity index (χ2n) is 4.10. The SMILES string of the molecule is CCCc1nc(C)c(CNC(=O)[C@@H](N)CC)s1. The molecule has 0 bridgehead atoms. The number of aromatic nitrogens is 1. The van der Waals surface area contributed by atoms with Gasteiger partial charge < -0.3 is 11.1 Å². The Bertz CT molecular complexity index is 376. The minimum absolute atomic E-state index is 0.0858. The smallest absolute Gasteiger partial charge is 0.237 e. The topological polar surface area (TPSA) is 68.0 Å². The summed E-state index contributed by atoms with van der Waals surface area (Å²) < 4.78 is 0. The second-order valence-corrected chi connectivity index (χ2v) is 5.27. The van der Waals surface area contributed by atoms with Gasteiger partial charge in [-0.05, 0) is 26.2 Å². The first-order valence-corrected chi connectivity index (χ1v) is 6.88. The fourth-order valence-electron chi connectivity index (χ4n) is 1.46. The molecule has 0 aromatic carbocycles. The molecular weight excluding hydrogens is 234 g/mol. The van der Waals surface area contributed by atoms with Crippen LogP contribution >= 0.6 is 11.3 Å². The summed E-state index contributed by atoms with van der Waals surface area (Å²) in [6, 6.07) is -0.404. The van der Waals surface area contributed by atoms with Crippen LogP contribution in [-0.2, 0) is 17.8 Å². The lowest BCUT2D eigenvalue weighted by atomic mass is 10.2. The van der Waals surface area contributed by atoms with Gasteiger partial charge in [0.05, 0.1) is 23.3 Å². The number of aryl methyl sites for hydroxylation is 2. The van der Waals surface area contributed by atoms with Crippen LogP contribution in [0.15, 0.2) is 0 Å². The van der Waals surface area contributed by atoms with Gasteiger partial charge in [0, 0.05) is 4.88 Å². The Hall–Kier alpha value is -0.940. The molecule has 0 radical (unpaired) electrons. The summed E-state index contributed by atoms with van der Waals surface area (Å²) in [7, 11) is 0. The van der Waals surface area contributed by atoms with Crippen LogP contribution in [0.25, 0.3) is 0 Å². The van der Waals surface area contributed by atoms with Crippen molar-refractivity contribution in [2.24, 2.45) is 5.73 Å². The molecule has 5 heteroatoms. The Balaban J connectivity index is 2.54. The van der Waals surface area contributed by atoms with E-state index in [1.807, 2.05) is 13.8 Å². The van der Waals surface area contributed by atoms with E-state index in [0.717, 1.165) is 28.4 Å². The van der Waals surface area contributed by atoms with Crippen LogP contribution in [-0.4, -0.2) is 16.9 Å². The van der Waals surface area contributed by atoms with E-state index in [1.54, 1.807) is 11.3 Å². The van der Waals surface area contributed by atoms with Gasteiger partial charge in [0.25, 0.3) is 0 Å². The number of rotatable bonds is 6. The average Bonchev–Trinajstić information content (AvgIpc) is 2.66. The van der Waals surface area contributed by atoms with E-state index in [0.29, 0.717) is 13.0 Å². The molecule has 1 aromatic rings. The zero-order chi connectivity index (χ0) is 12.8. The molecule has 0 aliphatic carbocycles. The van der Waals surface area contributed by atoms with E-state index in [9.17, 15) is 4.79 Å². The zero-order valence-electron chi connectivity index (χ0n) is 10.7. The molecule has 0 fully saturated rings. The predicted molar refractivity (Wildman–Crippen MR) is 71.0 cm³/mol. The Morgan fingerprint density at radius 1 is 1.53 bits per heavy atom. The third-order valence-corrected chi connectivity index (χ3v) is 3.82. The largest absolute Gasteiger partial charge is 0.350 e. The molecule has 1 heterocycles. The van der Waals surface area contributed by atoms with Crippen LogP contribution in [0.3, 0.4) is 0 Å². The molecule has 4 nitrogen and oxygen atoms in total. The van der Waals surface area contributed by atoms with Crippen LogP contribution in [0.2, 0.25) is 0 Å². The standard InChI is InChI=1S/C12H21N3OS/c1-4-6-11-15-8(3)10(17-11)7-14-12(16)9(13)5-2/h9H,4-7,13H2,1-3H3,(H,14,16)/t9-/m0/s1. The molecule has 1 rings (SSSR count). The molecule has 1 atom stereocenters. The van der Waals surface area contributed by atoms with Crippen molar-refractivity contribution in [3.63, 3.8) is 0 Å². The third kappa shape index (κ3) is 4.09. The number of hydrogen-bond donors (Lipinski definition) is 2. The van der Waals surface area contributed by atoms with Gasteiger partial charge in [-0.2, -0.15) is 0 Å². The average molecular weight is 255 g/mol. The van der Waals surface area contributed by atoms with Gasteiger partial charge in [0.2, 0.25) is 5.91 Å². The summed E-state index contributed by atoms with van der Waals surface area (Å²) in [6.07, 6.45) is 2.77. The van der Waals surface area contributed by atoms with Crippen molar-refractivity contribution in [3.05, 3.63) is 15.6 Å². The van der Waals surface area contributed by atoms with Crippen molar-refractivity contribution < 1.29 is 4.79 Å². The van der Waals surface area contributed by atoms with E-state index in [1.165, 1.54) is 0 Å². The first-order valence-electron chi connectivity index (χ1n) is 6.06. The van der Waals surface area contributed by atoms with E-state index < -0.39 is 6.04 Å². The Labute approximate surface area is 107 Å². The molecule has 3 N–H and O–H groups in total. The summed E-state index contributed by atoms with van der Waals surface area (Å²) >= 11 is 1.68. The van der Waals surface area contributed by atoms with Gasteiger partial charge >= 0.3 is 0 Å². The Kier molecular flexibility index (Phi) is 5.58. The van der Waals surface area contributed by atoms with Gasteiger partial charge in [0.1, 0.15) is 0 Å². The first kappa shape index (κ1) is 14.1. The maximum absolute atomic E-state index is 11.5. The molecule has 0 spiro atoms. The lowest BCUT2D eigenvalue weighted by Gasteiger charge is -2.08. The van der Waals surface area contributed by atoms with Crippen LogP contribution in [0.4, 0.5) is 0 Å². The number of nitrogens with two attached hydrogens (primary N) is 1. The minimum Gasteiger partial charge on any atom is -0.350 e. The van der Waals surface area contributed by atoms with Gasteiger partial charge in [-0.3, -0.25) is 4.79 Å². The summed E-state index contributed by atoms with van der Waals surface area (Å²) in [5, 5.41) is 4.00. The highest BCUT2D eigenvalue weighted by Crippen LogP contribution is 2.19. The molecule has 0 saturated heterocycles. The monoisotopic (exact) mass is 255 g/mol. The molecule has 0 unspecified atom stereocenters. The van der Waals surface area contributed by atoms with Crippen molar-refractivity contribution in [3.8, 4) is 0 Å². The van der Waals surface area contributed by atoms with E-state index in [2.05, 4.69) is 17.2 Å². The minimum atomic E-state index is -0.404. The van der Waals surface area contributed by atoms with E-state index in [4.69, 9.17) is 5.73 Å². The lowest BCUT2D eigenvalue weighted by molar-refractivity contribution is -0.122. The molecule has 17 heavy (non-hydrogen) atoms. The van der Waals surface area contributed by atoms with Crippen LogP contribution in [0.5, 0.6) is 0 Å². The van der Waals surface area contributed by atoms with Crippen molar-refractivity contribution in [2.75, 3.05) is 0 Å². The fourth-order valence-corrected chi connectivity index (χ4v) is 2.57. The highest BCUT2D eigenvalue weighted by atomic mass is 32.1. The number of nitrogens with zero attached hydrogens (tertiary/aromatic N) is 1. The van der Waals surface area contributed by atoms with Crippen LogP contribution in [0, 0.1) is 6.92 Å². The summed E-state index contributed by atoms with van der Waals surface area (Å²) in [6.45, 7) is 6.57. The van der Waals surface area contributed by atoms with Gasteiger partial charge in [-0.15, -0.1) is 11.3 Å². The summed E-state index contributed by atoms with van der Waals surface area (Å²) in [4.78, 5) is 17.1.